The second-order valence-corrected chi connectivity index (χ2v) is 15.9. The second kappa shape index (κ2) is 14.1. The zero-order valence-corrected chi connectivity index (χ0v) is 33.2. The number of rotatable bonds is 6. The molecule has 0 amide bonds. The molecule has 3 heteroatoms. The first kappa shape index (κ1) is 35.0. The molecule has 1 aliphatic carbocycles. The first-order valence-electron chi connectivity index (χ1n) is 20.9. The topological polar surface area (TPSA) is 38.7 Å². The molecule has 1 heterocycles. The Kier molecular flexibility index (Phi) is 8.07. The molecule has 0 atom stereocenters. The molecule has 0 aliphatic heterocycles. The van der Waals surface area contributed by atoms with Crippen LogP contribution >= 0.6 is 0 Å². The molecule has 0 saturated carbocycles. The van der Waals surface area contributed by atoms with Crippen LogP contribution < -0.4 is 0 Å². The van der Waals surface area contributed by atoms with Crippen LogP contribution in [0.2, 0.25) is 0 Å². The molecular formula is C58H37N3. The highest BCUT2D eigenvalue weighted by Gasteiger charge is 2.46. The number of fused-ring (bicyclic) bond motifs is 9. The van der Waals surface area contributed by atoms with E-state index in [-0.39, 0.29) is 0 Å². The van der Waals surface area contributed by atoms with E-state index in [2.05, 4.69) is 188 Å². The van der Waals surface area contributed by atoms with Gasteiger partial charge < -0.3 is 0 Å². The van der Waals surface area contributed by atoms with Crippen molar-refractivity contribution in [2.75, 3.05) is 0 Å². The van der Waals surface area contributed by atoms with Crippen LogP contribution in [0.15, 0.2) is 224 Å². The van der Waals surface area contributed by atoms with E-state index in [4.69, 9.17) is 15.0 Å². The quantitative estimate of drug-likeness (QED) is 0.158. The molecule has 11 aromatic rings. The fourth-order valence-corrected chi connectivity index (χ4v) is 9.92. The molecule has 0 unspecified atom stereocenters. The van der Waals surface area contributed by atoms with Crippen LogP contribution in [0.25, 0.3) is 88.7 Å². The van der Waals surface area contributed by atoms with E-state index in [1.807, 2.05) is 36.4 Å². The molecule has 1 aliphatic rings. The van der Waals surface area contributed by atoms with E-state index < -0.39 is 5.41 Å². The van der Waals surface area contributed by atoms with Crippen molar-refractivity contribution in [1.29, 1.82) is 0 Å². The number of aromatic nitrogens is 3. The number of hydrogen-bond acceptors (Lipinski definition) is 3. The van der Waals surface area contributed by atoms with Gasteiger partial charge in [0, 0.05) is 22.1 Å². The van der Waals surface area contributed by atoms with Crippen LogP contribution in [0, 0.1) is 0 Å². The normalized spacial score (nSPS) is 12.7. The lowest BCUT2D eigenvalue weighted by molar-refractivity contribution is 0.769. The zero-order chi connectivity index (χ0) is 40.3. The molecule has 0 saturated heterocycles. The zero-order valence-electron chi connectivity index (χ0n) is 33.2. The third kappa shape index (κ3) is 5.48. The van der Waals surface area contributed by atoms with E-state index in [1.165, 1.54) is 55.1 Å². The standard InChI is InChI=1S/C58H37N3/c1-5-18-38(19-6-1)55-59-56(39-20-7-2-8-21-39)61-57(60-55)50-30-17-29-49-45-27-14-13-26-44(45)46-34-32-40(36-51(46)54(49)50)41-33-35-48-47-28-15-16-31-52(47)58(53(48)37-41,42-22-9-3-10-23-42)43-24-11-4-12-25-43/h1-37H. The molecular weight excluding hydrogens is 739 g/mol. The Morgan fingerprint density at radius 2 is 0.721 bits per heavy atom. The van der Waals surface area contributed by atoms with Gasteiger partial charge >= 0.3 is 0 Å². The van der Waals surface area contributed by atoms with Gasteiger partial charge in [-0.25, -0.2) is 15.0 Å². The first-order valence-corrected chi connectivity index (χ1v) is 20.9. The summed E-state index contributed by atoms with van der Waals surface area (Å²) >= 11 is 0. The van der Waals surface area contributed by atoms with Crippen molar-refractivity contribution in [3.8, 4) is 56.4 Å². The maximum Gasteiger partial charge on any atom is 0.164 e. The lowest BCUT2D eigenvalue weighted by Gasteiger charge is -2.34. The molecule has 0 fully saturated rings. The molecule has 284 valence electrons. The summed E-state index contributed by atoms with van der Waals surface area (Å²) in [5, 5.41) is 7.06. The van der Waals surface area contributed by atoms with Gasteiger partial charge in [0.25, 0.3) is 0 Å². The van der Waals surface area contributed by atoms with Crippen molar-refractivity contribution in [3.63, 3.8) is 0 Å². The van der Waals surface area contributed by atoms with Gasteiger partial charge in [-0.2, -0.15) is 0 Å². The Labute approximate surface area is 354 Å². The third-order valence-corrected chi connectivity index (χ3v) is 12.6. The lowest BCUT2D eigenvalue weighted by atomic mass is 9.67. The summed E-state index contributed by atoms with van der Waals surface area (Å²) in [6.07, 6.45) is 0. The second-order valence-electron chi connectivity index (χ2n) is 15.9. The molecule has 0 radical (unpaired) electrons. The van der Waals surface area contributed by atoms with Gasteiger partial charge in [-0.05, 0) is 83.6 Å². The SMILES string of the molecule is c1ccc(-c2nc(-c3ccccc3)nc(-c3cccc4c5ccccc5c5ccc(-c6ccc7c(c6)C(c6ccccc6)(c6ccccc6)c6ccccc6-7)cc5c34)n2)cc1. The van der Waals surface area contributed by atoms with Crippen molar-refractivity contribution in [2.45, 2.75) is 5.41 Å². The van der Waals surface area contributed by atoms with Crippen LogP contribution in [-0.4, -0.2) is 15.0 Å². The van der Waals surface area contributed by atoms with Gasteiger partial charge in [-0.1, -0.05) is 212 Å². The van der Waals surface area contributed by atoms with Gasteiger partial charge in [0.15, 0.2) is 17.5 Å². The number of hydrogen-bond donors (Lipinski definition) is 0. The minimum atomic E-state index is -0.483. The van der Waals surface area contributed by atoms with E-state index in [0.29, 0.717) is 17.5 Å². The molecule has 12 rings (SSSR count). The molecule has 10 aromatic carbocycles. The van der Waals surface area contributed by atoms with Gasteiger partial charge in [0.1, 0.15) is 0 Å². The molecule has 1 aromatic heterocycles. The average molecular weight is 776 g/mol. The molecule has 0 bridgehead atoms. The summed E-state index contributed by atoms with van der Waals surface area (Å²) in [4.78, 5) is 15.5. The largest absolute Gasteiger partial charge is 0.208 e. The molecule has 3 nitrogen and oxygen atoms in total. The number of nitrogens with zero attached hydrogens (tertiary/aromatic N) is 3. The summed E-state index contributed by atoms with van der Waals surface area (Å²) in [6.45, 7) is 0. The smallest absolute Gasteiger partial charge is 0.164 e. The highest BCUT2D eigenvalue weighted by atomic mass is 15.0. The Bertz CT molecular complexity index is 3360. The van der Waals surface area contributed by atoms with Crippen LogP contribution in [0.3, 0.4) is 0 Å². The summed E-state index contributed by atoms with van der Waals surface area (Å²) in [5.74, 6) is 1.93. The maximum atomic E-state index is 5.23. The lowest BCUT2D eigenvalue weighted by Crippen LogP contribution is -2.28. The Morgan fingerprint density at radius 1 is 0.262 bits per heavy atom. The van der Waals surface area contributed by atoms with E-state index in [0.717, 1.165) is 38.4 Å². The van der Waals surface area contributed by atoms with Gasteiger partial charge in [-0.3, -0.25) is 0 Å². The Hall–Kier alpha value is -8.01. The van der Waals surface area contributed by atoms with Crippen molar-refractivity contribution in [1.82, 2.24) is 15.0 Å². The highest BCUT2D eigenvalue weighted by Crippen LogP contribution is 2.57. The predicted molar refractivity (Wildman–Crippen MR) is 251 cm³/mol. The Balaban J connectivity index is 1.12. The third-order valence-electron chi connectivity index (χ3n) is 12.6. The van der Waals surface area contributed by atoms with Gasteiger partial charge in [0.2, 0.25) is 0 Å². The van der Waals surface area contributed by atoms with Gasteiger partial charge in [0.05, 0.1) is 5.41 Å². The molecule has 61 heavy (non-hydrogen) atoms. The van der Waals surface area contributed by atoms with Crippen molar-refractivity contribution < 1.29 is 0 Å². The van der Waals surface area contributed by atoms with Crippen LogP contribution in [0.1, 0.15) is 22.3 Å². The molecule has 0 spiro atoms. The fourth-order valence-electron chi connectivity index (χ4n) is 9.92. The van der Waals surface area contributed by atoms with Crippen molar-refractivity contribution in [2.24, 2.45) is 0 Å². The fraction of sp³-hybridized carbons (Fsp3) is 0.0172. The van der Waals surface area contributed by atoms with Crippen molar-refractivity contribution in [3.05, 3.63) is 247 Å². The maximum absolute atomic E-state index is 5.23. The van der Waals surface area contributed by atoms with Crippen LogP contribution in [0.4, 0.5) is 0 Å². The monoisotopic (exact) mass is 775 g/mol. The van der Waals surface area contributed by atoms with E-state index in [1.54, 1.807) is 0 Å². The predicted octanol–water partition coefficient (Wildman–Crippen LogP) is 14.4. The van der Waals surface area contributed by atoms with Gasteiger partial charge in [-0.15, -0.1) is 0 Å². The summed E-state index contributed by atoms with van der Waals surface area (Å²) in [6, 6.07) is 80.8. The average Bonchev–Trinajstić information content (AvgIpc) is 3.65. The summed E-state index contributed by atoms with van der Waals surface area (Å²) in [7, 11) is 0. The van der Waals surface area contributed by atoms with Crippen molar-refractivity contribution >= 4 is 32.3 Å². The van der Waals surface area contributed by atoms with E-state index >= 15 is 0 Å². The number of benzene rings is 10. The highest BCUT2D eigenvalue weighted by molar-refractivity contribution is 6.28. The minimum Gasteiger partial charge on any atom is -0.208 e. The summed E-state index contributed by atoms with van der Waals surface area (Å²) in [5.41, 5.74) is 12.4. The Morgan fingerprint density at radius 3 is 1.38 bits per heavy atom. The summed E-state index contributed by atoms with van der Waals surface area (Å²) < 4.78 is 0. The van der Waals surface area contributed by atoms with E-state index in [9.17, 15) is 0 Å². The minimum absolute atomic E-state index is 0.483. The van der Waals surface area contributed by atoms with Crippen LogP contribution in [-0.2, 0) is 5.41 Å². The molecule has 0 N–H and O–H groups in total. The van der Waals surface area contributed by atoms with Crippen LogP contribution in [0.5, 0.6) is 0 Å². The first-order chi connectivity index (χ1) is 30.3.